The Labute approximate surface area is 197 Å². The molecule has 0 bridgehead atoms. The summed E-state index contributed by atoms with van der Waals surface area (Å²) in [5.74, 6) is -0.457. The van der Waals surface area contributed by atoms with E-state index in [-0.39, 0.29) is 6.42 Å². The number of aryl methyl sites for hydroxylation is 1. The van der Waals surface area contributed by atoms with E-state index in [0.29, 0.717) is 12.2 Å². The van der Waals surface area contributed by atoms with Crippen molar-refractivity contribution in [1.82, 2.24) is 0 Å². The molecule has 0 aliphatic rings. The van der Waals surface area contributed by atoms with Gasteiger partial charge in [-0.3, -0.25) is 0 Å². The summed E-state index contributed by atoms with van der Waals surface area (Å²) in [6.45, 7) is 5.61. The predicted octanol–water partition coefficient (Wildman–Crippen LogP) is 8.58. The number of benzene rings is 3. The van der Waals surface area contributed by atoms with Gasteiger partial charge >= 0.3 is 5.97 Å². The molecule has 174 valence electrons. The van der Waals surface area contributed by atoms with Crippen LogP contribution in [-0.2, 0) is 11.2 Å². The fourth-order valence-corrected chi connectivity index (χ4v) is 4.03. The molecule has 33 heavy (non-hydrogen) atoms. The number of esters is 1. The molecule has 3 aromatic carbocycles. The minimum Gasteiger partial charge on any atom is -0.424 e. The molecule has 0 heterocycles. The molecule has 3 heteroatoms. The zero-order valence-corrected chi connectivity index (χ0v) is 20.1. The van der Waals surface area contributed by atoms with Gasteiger partial charge in [-0.15, -0.1) is 0 Å². The number of carbonyl (C=O) groups is 1. The first-order valence-electron chi connectivity index (χ1n) is 12.1. The van der Waals surface area contributed by atoms with Gasteiger partial charge in [0.05, 0.1) is 0 Å². The highest BCUT2D eigenvalue weighted by Crippen LogP contribution is 2.33. The molecule has 0 spiro atoms. The summed E-state index contributed by atoms with van der Waals surface area (Å²) in [6.07, 6.45) is 6.15. The molecule has 0 radical (unpaired) electrons. The first-order valence-corrected chi connectivity index (χ1v) is 12.1. The lowest BCUT2D eigenvalue weighted by Crippen LogP contribution is -2.34. The van der Waals surface area contributed by atoms with E-state index in [9.17, 15) is 9.18 Å². The third-order valence-corrected chi connectivity index (χ3v) is 6.03. The summed E-state index contributed by atoms with van der Waals surface area (Å²) < 4.78 is 20.1. The number of hydrogen-bond donors (Lipinski definition) is 0. The standard InChI is InChI=1S/C30H35FO2/c1-4-6-7-10-22-30(3,31)29(32)33-26-20-18-25(19-21-26)28-13-9-8-12-27(28)24-16-14-23(11-5-2)15-17-24/h8-9,12-21H,4-7,10-11,22H2,1-3H3. The number of alkyl halides is 1. The third-order valence-electron chi connectivity index (χ3n) is 6.03. The molecule has 2 nitrogen and oxygen atoms in total. The predicted molar refractivity (Wildman–Crippen MR) is 135 cm³/mol. The van der Waals surface area contributed by atoms with Crippen LogP contribution >= 0.6 is 0 Å². The second kappa shape index (κ2) is 11.8. The normalized spacial score (nSPS) is 12.8. The lowest BCUT2D eigenvalue weighted by Gasteiger charge is -2.18. The maximum atomic E-state index is 14.8. The second-order valence-corrected chi connectivity index (χ2v) is 8.91. The van der Waals surface area contributed by atoms with E-state index in [2.05, 4.69) is 50.2 Å². The van der Waals surface area contributed by atoms with Crippen LogP contribution in [0.3, 0.4) is 0 Å². The Balaban J connectivity index is 1.72. The average molecular weight is 447 g/mol. The van der Waals surface area contributed by atoms with Crippen molar-refractivity contribution in [1.29, 1.82) is 0 Å². The number of ether oxygens (including phenoxy) is 1. The molecule has 0 amide bonds. The monoisotopic (exact) mass is 446 g/mol. The summed E-state index contributed by atoms with van der Waals surface area (Å²) >= 11 is 0. The number of carbonyl (C=O) groups excluding carboxylic acids is 1. The molecule has 0 aliphatic carbocycles. The quantitative estimate of drug-likeness (QED) is 0.167. The van der Waals surface area contributed by atoms with E-state index in [1.54, 1.807) is 12.1 Å². The summed E-state index contributed by atoms with van der Waals surface area (Å²) in [5.41, 5.74) is 3.81. The van der Waals surface area contributed by atoms with Crippen molar-refractivity contribution in [2.75, 3.05) is 0 Å². The van der Waals surface area contributed by atoms with E-state index < -0.39 is 11.6 Å². The molecule has 0 saturated carbocycles. The van der Waals surface area contributed by atoms with E-state index in [4.69, 9.17) is 4.74 Å². The molecule has 0 aromatic heterocycles. The Bertz CT molecular complexity index is 1020. The lowest BCUT2D eigenvalue weighted by atomic mass is 9.94. The topological polar surface area (TPSA) is 26.3 Å². The molecule has 1 unspecified atom stereocenters. The van der Waals surface area contributed by atoms with Gasteiger partial charge in [0.2, 0.25) is 5.67 Å². The van der Waals surface area contributed by atoms with Crippen LogP contribution in [0.4, 0.5) is 4.39 Å². The zero-order valence-electron chi connectivity index (χ0n) is 20.1. The van der Waals surface area contributed by atoms with Gasteiger partial charge in [0.1, 0.15) is 5.75 Å². The van der Waals surface area contributed by atoms with Gasteiger partial charge in [-0.25, -0.2) is 9.18 Å². The van der Waals surface area contributed by atoms with E-state index in [1.165, 1.54) is 12.5 Å². The number of rotatable bonds is 11. The van der Waals surface area contributed by atoms with Crippen molar-refractivity contribution in [3.05, 3.63) is 78.4 Å². The first-order chi connectivity index (χ1) is 15.9. The van der Waals surface area contributed by atoms with Crippen molar-refractivity contribution in [2.45, 2.75) is 71.4 Å². The molecule has 0 saturated heterocycles. The van der Waals surface area contributed by atoms with Crippen LogP contribution in [0.15, 0.2) is 72.8 Å². The van der Waals surface area contributed by atoms with Crippen molar-refractivity contribution >= 4 is 5.97 Å². The van der Waals surface area contributed by atoms with Gasteiger partial charge in [0.25, 0.3) is 0 Å². The maximum Gasteiger partial charge on any atom is 0.348 e. The Kier molecular flexibility index (Phi) is 8.82. The largest absolute Gasteiger partial charge is 0.424 e. The molecule has 3 aromatic rings. The fourth-order valence-electron chi connectivity index (χ4n) is 4.03. The minimum absolute atomic E-state index is 0.189. The number of unbranched alkanes of at least 4 members (excludes halogenated alkanes) is 3. The number of hydrogen-bond acceptors (Lipinski definition) is 2. The second-order valence-electron chi connectivity index (χ2n) is 8.91. The highest BCUT2D eigenvalue weighted by Gasteiger charge is 2.34. The Morgan fingerprint density at radius 3 is 1.91 bits per heavy atom. The average Bonchev–Trinajstić information content (AvgIpc) is 2.83. The van der Waals surface area contributed by atoms with E-state index >= 15 is 0 Å². The van der Waals surface area contributed by atoms with Crippen LogP contribution in [0.2, 0.25) is 0 Å². The molecule has 1 atom stereocenters. The zero-order chi connectivity index (χ0) is 23.7. The van der Waals surface area contributed by atoms with Crippen molar-refractivity contribution in [3.8, 4) is 28.0 Å². The lowest BCUT2D eigenvalue weighted by molar-refractivity contribution is -0.147. The molecule has 3 rings (SSSR count). The van der Waals surface area contributed by atoms with Gasteiger partial charge in [-0.2, -0.15) is 0 Å². The van der Waals surface area contributed by atoms with Crippen LogP contribution in [0.5, 0.6) is 5.75 Å². The van der Waals surface area contributed by atoms with Crippen LogP contribution in [0.1, 0.15) is 64.9 Å². The van der Waals surface area contributed by atoms with Gasteiger partial charge in [0.15, 0.2) is 0 Å². The highest BCUT2D eigenvalue weighted by molar-refractivity contribution is 5.84. The Morgan fingerprint density at radius 2 is 1.36 bits per heavy atom. The SMILES string of the molecule is CCCCCCC(C)(F)C(=O)Oc1ccc(-c2ccccc2-c2ccc(CCC)cc2)cc1. The van der Waals surface area contributed by atoms with Crippen LogP contribution in [-0.4, -0.2) is 11.6 Å². The third kappa shape index (κ3) is 6.77. The Hall–Kier alpha value is -2.94. The molecule has 0 N–H and O–H groups in total. The van der Waals surface area contributed by atoms with E-state index in [0.717, 1.165) is 54.4 Å². The summed E-state index contributed by atoms with van der Waals surface area (Å²) in [7, 11) is 0. The van der Waals surface area contributed by atoms with Crippen molar-refractivity contribution < 1.29 is 13.9 Å². The highest BCUT2D eigenvalue weighted by atomic mass is 19.1. The first kappa shape index (κ1) is 24.7. The molecular weight excluding hydrogens is 411 g/mol. The van der Waals surface area contributed by atoms with Crippen LogP contribution < -0.4 is 4.74 Å². The maximum absolute atomic E-state index is 14.8. The molecule has 0 fully saturated rings. The van der Waals surface area contributed by atoms with Crippen LogP contribution in [0.25, 0.3) is 22.3 Å². The smallest absolute Gasteiger partial charge is 0.348 e. The summed E-state index contributed by atoms with van der Waals surface area (Å²) in [6, 6.07) is 24.3. The fraction of sp³-hybridized carbons (Fsp3) is 0.367. The number of halogens is 1. The van der Waals surface area contributed by atoms with Crippen molar-refractivity contribution in [2.24, 2.45) is 0 Å². The van der Waals surface area contributed by atoms with Crippen LogP contribution in [0, 0.1) is 0 Å². The summed E-state index contributed by atoms with van der Waals surface area (Å²) in [5, 5.41) is 0. The molecular formula is C30H35FO2. The van der Waals surface area contributed by atoms with Crippen molar-refractivity contribution in [3.63, 3.8) is 0 Å². The van der Waals surface area contributed by atoms with Gasteiger partial charge < -0.3 is 4.74 Å². The molecule has 0 aliphatic heterocycles. The summed E-state index contributed by atoms with van der Waals surface area (Å²) in [4.78, 5) is 12.4. The van der Waals surface area contributed by atoms with Gasteiger partial charge in [-0.1, -0.05) is 100 Å². The van der Waals surface area contributed by atoms with Gasteiger partial charge in [-0.05, 0) is 66.1 Å². The Morgan fingerprint density at radius 1 is 0.788 bits per heavy atom. The minimum atomic E-state index is -1.97. The van der Waals surface area contributed by atoms with E-state index in [1.807, 2.05) is 24.3 Å². The van der Waals surface area contributed by atoms with Gasteiger partial charge in [0, 0.05) is 0 Å².